The van der Waals surface area contributed by atoms with Gasteiger partial charge in [0.1, 0.15) is 5.82 Å². The molecule has 20 heavy (non-hydrogen) atoms. The summed E-state index contributed by atoms with van der Waals surface area (Å²) in [6, 6.07) is 5.91. The summed E-state index contributed by atoms with van der Waals surface area (Å²) < 4.78 is 13.8. The van der Waals surface area contributed by atoms with Gasteiger partial charge in [-0.05, 0) is 26.0 Å². The van der Waals surface area contributed by atoms with E-state index in [2.05, 4.69) is 0 Å². The molecule has 0 radical (unpaired) electrons. The number of nitrogens with zero attached hydrogens (tertiary/aromatic N) is 2. The summed E-state index contributed by atoms with van der Waals surface area (Å²) in [6.45, 7) is 6.05. The minimum Gasteiger partial charge on any atom is -0.338 e. The molecule has 0 saturated carbocycles. The summed E-state index contributed by atoms with van der Waals surface area (Å²) in [5.74, 6) is -0.869. The van der Waals surface area contributed by atoms with Crippen molar-refractivity contribution in [3.05, 3.63) is 35.1 Å². The highest BCUT2D eigenvalue weighted by Crippen LogP contribution is 2.15. The third-order valence-corrected chi connectivity index (χ3v) is 3.41. The van der Waals surface area contributed by atoms with E-state index in [4.69, 9.17) is 11.0 Å². The zero-order valence-corrected chi connectivity index (χ0v) is 12.1. The summed E-state index contributed by atoms with van der Waals surface area (Å²) in [7, 11) is 0. The zero-order chi connectivity index (χ0) is 15.3. The maximum absolute atomic E-state index is 13.8. The van der Waals surface area contributed by atoms with E-state index < -0.39 is 5.82 Å². The van der Waals surface area contributed by atoms with Crippen molar-refractivity contribution in [1.29, 1.82) is 5.26 Å². The molecule has 1 rings (SSSR count). The number of hydrogen-bond donors (Lipinski definition) is 1. The highest BCUT2D eigenvalue weighted by atomic mass is 19.1. The van der Waals surface area contributed by atoms with E-state index >= 15 is 0 Å². The molecule has 0 aliphatic carbocycles. The number of hydrogen-bond acceptors (Lipinski definition) is 3. The summed E-state index contributed by atoms with van der Waals surface area (Å²) in [5.41, 5.74) is 6.40. The molecule has 0 heterocycles. The molecule has 4 nitrogen and oxygen atoms in total. The topological polar surface area (TPSA) is 70.1 Å². The van der Waals surface area contributed by atoms with Gasteiger partial charge in [-0.1, -0.05) is 13.0 Å². The highest BCUT2D eigenvalue weighted by molar-refractivity contribution is 5.79. The first-order chi connectivity index (χ1) is 9.40. The fourth-order valence-corrected chi connectivity index (χ4v) is 1.81. The van der Waals surface area contributed by atoms with Crippen LogP contribution in [0.5, 0.6) is 0 Å². The van der Waals surface area contributed by atoms with Crippen LogP contribution < -0.4 is 5.73 Å². The van der Waals surface area contributed by atoms with Crippen molar-refractivity contribution < 1.29 is 9.18 Å². The number of carbonyl (C=O) groups excluding carboxylic acids is 1. The van der Waals surface area contributed by atoms with Crippen molar-refractivity contribution in [1.82, 2.24) is 4.90 Å². The van der Waals surface area contributed by atoms with Crippen molar-refractivity contribution in [2.45, 2.75) is 33.4 Å². The average molecular weight is 277 g/mol. The highest BCUT2D eigenvalue weighted by Gasteiger charge is 2.23. The maximum atomic E-state index is 13.8. The molecule has 5 heteroatoms. The van der Waals surface area contributed by atoms with Gasteiger partial charge in [0.05, 0.1) is 17.6 Å². The van der Waals surface area contributed by atoms with Gasteiger partial charge < -0.3 is 10.6 Å². The SMILES string of the molecule is CCN(Cc1ccc(C#N)cc1F)C(=O)C(C)C(C)N. The Morgan fingerprint density at radius 1 is 1.50 bits per heavy atom. The standard InChI is InChI=1S/C15H20FN3O/c1-4-19(15(20)10(2)11(3)18)9-13-6-5-12(8-17)7-14(13)16/h5-7,10-11H,4,9,18H2,1-3H3. The fourth-order valence-electron chi connectivity index (χ4n) is 1.81. The number of benzene rings is 1. The molecule has 2 atom stereocenters. The number of rotatable bonds is 5. The van der Waals surface area contributed by atoms with Gasteiger partial charge in [-0.25, -0.2) is 4.39 Å². The van der Waals surface area contributed by atoms with Crippen LogP contribution in [-0.4, -0.2) is 23.4 Å². The second-order valence-electron chi connectivity index (χ2n) is 4.92. The number of amides is 1. The lowest BCUT2D eigenvalue weighted by Crippen LogP contribution is -2.41. The van der Waals surface area contributed by atoms with Crippen molar-refractivity contribution in [2.24, 2.45) is 11.7 Å². The lowest BCUT2D eigenvalue weighted by atomic mass is 10.0. The Hall–Kier alpha value is -1.93. The Morgan fingerprint density at radius 2 is 2.15 bits per heavy atom. The van der Waals surface area contributed by atoms with Gasteiger partial charge >= 0.3 is 0 Å². The molecule has 0 bridgehead atoms. The van der Waals surface area contributed by atoms with Crippen molar-refractivity contribution in [2.75, 3.05) is 6.54 Å². The van der Waals surface area contributed by atoms with E-state index in [-0.39, 0.29) is 30.0 Å². The molecule has 0 aliphatic heterocycles. The van der Waals surface area contributed by atoms with Gasteiger partial charge in [0.15, 0.2) is 0 Å². The minimum absolute atomic E-state index is 0.0914. The van der Waals surface area contributed by atoms with Gasteiger partial charge in [-0.15, -0.1) is 0 Å². The molecule has 1 amide bonds. The van der Waals surface area contributed by atoms with Crippen LogP contribution in [0, 0.1) is 23.1 Å². The minimum atomic E-state index is -0.469. The normalized spacial score (nSPS) is 13.4. The van der Waals surface area contributed by atoms with Gasteiger partial charge in [-0.3, -0.25) is 4.79 Å². The van der Waals surface area contributed by atoms with Crippen LogP contribution in [0.4, 0.5) is 4.39 Å². The number of nitrogens with two attached hydrogens (primary N) is 1. The average Bonchev–Trinajstić information content (AvgIpc) is 2.44. The van der Waals surface area contributed by atoms with E-state index in [1.54, 1.807) is 30.9 Å². The quantitative estimate of drug-likeness (QED) is 0.895. The van der Waals surface area contributed by atoms with Crippen molar-refractivity contribution in [3.63, 3.8) is 0 Å². The largest absolute Gasteiger partial charge is 0.338 e. The lowest BCUT2D eigenvalue weighted by Gasteiger charge is -2.26. The van der Waals surface area contributed by atoms with E-state index in [1.807, 2.05) is 13.0 Å². The molecular weight excluding hydrogens is 257 g/mol. The second-order valence-corrected chi connectivity index (χ2v) is 4.92. The molecule has 0 fully saturated rings. The second kappa shape index (κ2) is 7.01. The summed E-state index contributed by atoms with van der Waals surface area (Å²) in [5, 5.41) is 8.71. The van der Waals surface area contributed by atoms with Gasteiger partial charge in [0.2, 0.25) is 5.91 Å². The zero-order valence-electron chi connectivity index (χ0n) is 12.1. The molecule has 108 valence electrons. The van der Waals surface area contributed by atoms with E-state index in [0.717, 1.165) is 0 Å². The van der Waals surface area contributed by atoms with Crippen LogP contribution in [0.3, 0.4) is 0 Å². The smallest absolute Gasteiger partial charge is 0.227 e. The van der Waals surface area contributed by atoms with Crippen LogP contribution >= 0.6 is 0 Å². The first-order valence-corrected chi connectivity index (χ1v) is 6.63. The monoisotopic (exact) mass is 277 g/mol. The molecule has 2 N–H and O–H groups in total. The maximum Gasteiger partial charge on any atom is 0.227 e. The molecule has 0 saturated heterocycles. The molecule has 0 aliphatic rings. The third kappa shape index (κ3) is 3.78. The Labute approximate surface area is 119 Å². The predicted octanol–water partition coefficient (Wildman–Crippen LogP) is 2.03. The molecule has 2 unspecified atom stereocenters. The number of carbonyl (C=O) groups is 1. The first kappa shape index (κ1) is 16.1. The van der Waals surface area contributed by atoms with Gasteiger partial charge in [0.25, 0.3) is 0 Å². The summed E-state index contributed by atoms with van der Waals surface area (Å²) >= 11 is 0. The number of nitriles is 1. The van der Waals surface area contributed by atoms with E-state index in [0.29, 0.717) is 12.1 Å². The molecular formula is C15H20FN3O. The first-order valence-electron chi connectivity index (χ1n) is 6.63. The molecule has 0 aromatic heterocycles. The van der Waals surface area contributed by atoms with Crippen LogP contribution in [-0.2, 0) is 11.3 Å². The molecule has 1 aromatic carbocycles. The van der Waals surface area contributed by atoms with Crippen molar-refractivity contribution >= 4 is 5.91 Å². The van der Waals surface area contributed by atoms with Crippen molar-refractivity contribution in [3.8, 4) is 6.07 Å². The lowest BCUT2D eigenvalue weighted by molar-refractivity contribution is -0.135. The Morgan fingerprint density at radius 3 is 2.60 bits per heavy atom. The molecule has 1 aromatic rings. The van der Waals surface area contributed by atoms with E-state index in [1.165, 1.54) is 6.07 Å². The van der Waals surface area contributed by atoms with Gasteiger partial charge in [-0.2, -0.15) is 5.26 Å². The molecule has 0 spiro atoms. The van der Waals surface area contributed by atoms with Crippen LogP contribution in [0.2, 0.25) is 0 Å². The Kier molecular flexibility index (Phi) is 5.66. The predicted molar refractivity (Wildman–Crippen MR) is 75.0 cm³/mol. The van der Waals surface area contributed by atoms with Gasteiger partial charge in [0, 0.05) is 24.7 Å². The Balaban J connectivity index is 2.89. The third-order valence-electron chi connectivity index (χ3n) is 3.41. The van der Waals surface area contributed by atoms with Crippen LogP contribution in [0.15, 0.2) is 18.2 Å². The Bertz CT molecular complexity index is 522. The number of halogens is 1. The van der Waals surface area contributed by atoms with E-state index in [9.17, 15) is 9.18 Å². The summed E-state index contributed by atoms with van der Waals surface area (Å²) in [6.07, 6.45) is 0. The fraction of sp³-hybridized carbons (Fsp3) is 0.467. The van der Waals surface area contributed by atoms with Crippen LogP contribution in [0.25, 0.3) is 0 Å². The summed E-state index contributed by atoms with van der Waals surface area (Å²) in [4.78, 5) is 13.8. The van der Waals surface area contributed by atoms with Crippen LogP contribution in [0.1, 0.15) is 31.9 Å².